The van der Waals surface area contributed by atoms with Crippen molar-refractivity contribution in [3.05, 3.63) is 42.0 Å². The lowest BCUT2D eigenvalue weighted by Crippen LogP contribution is -2.31. The minimum absolute atomic E-state index is 0.0465. The summed E-state index contributed by atoms with van der Waals surface area (Å²) >= 11 is 0. The van der Waals surface area contributed by atoms with E-state index in [1.54, 1.807) is 31.4 Å². The van der Waals surface area contributed by atoms with E-state index in [1.165, 1.54) is 33.5 Å². The number of nitrogens with one attached hydrogen (secondary N) is 1. The number of methoxy groups -OCH3 is 4. The summed E-state index contributed by atoms with van der Waals surface area (Å²) < 4.78 is 31.2. The minimum atomic E-state index is -0.589. The van der Waals surface area contributed by atoms with E-state index in [2.05, 4.69) is 5.32 Å². The van der Waals surface area contributed by atoms with E-state index < -0.39 is 11.9 Å². The van der Waals surface area contributed by atoms with Crippen LogP contribution < -0.4 is 29.0 Å². The number of hydrogen-bond donors (Lipinski definition) is 1. The van der Waals surface area contributed by atoms with Gasteiger partial charge in [0.2, 0.25) is 5.75 Å². The molecular formula is C21H25NO8. The molecule has 2 aromatic rings. The molecule has 0 saturated carbocycles. The molecule has 0 fully saturated rings. The molecule has 30 heavy (non-hydrogen) atoms. The zero-order chi connectivity index (χ0) is 21.9. The van der Waals surface area contributed by atoms with Crippen molar-refractivity contribution < 1.29 is 38.0 Å². The van der Waals surface area contributed by atoms with Crippen LogP contribution in [0.4, 0.5) is 0 Å². The molecule has 0 atom stereocenters. The number of ether oxygens (including phenoxy) is 6. The summed E-state index contributed by atoms with van der Waals surface area (Å²) in [5.41, 5.74) is 0.250. The average molecular weight is 419 g/mol. The summed E-state index contributed by atoms with van der Waals surface area (Å²) in [5, 5.41) is 2.49. The Labute approximate surface area is 174 Å². The van der Waals surface area contributed by atoms with Crippen LogP contribution in [-0.4, -0.2) is 60.1 Å². The van der Waals surface area contributed by atoms with Crippen molar-refractivity contribution in [3.8, 4) is 28.7 Å². The SMILES string of the molecule is COc1ccc(OCCOC(=O)CNC(=O)c2cc(OC)c(OC)c(OC)c2)cc1. The van der Waals surface area contributed by atoms with Crippen LogP contribution in [0.25, 0.3) is 0 Å². The zero-order valence-electron chi connectivity index (χ0n) is 17.4. The molecule has 0 aromatic heterocycles. The van der Waals surface area contributed by atoms with Gasteiger partial charge in [-0.1, -0.05) is 0 Å². The molecule has 0 radical (unpaired) electrons. The molecule has 9 nitrogen and oxygen atoms in total. The molecule has 0 bridgehead atoms. The Morgan fingerprint density at radius 3 is 1.93 bits per heavy atom. The first kappa shape index (κ1) is 22.7. The Balaban J connectivity index is 1.79. The maximum atomic E-state index is 12.3. The van der Waals surface area contributed by atoms with Gasteiger partial charge in [0, 0.05) is 5.56 Å². The summed E-state index contributed by atoms with van der Waals surface area (Å²) in [6.45, 7) is -0.0676. The molecule has 162 valence electrons. The Hall–Kier alpha value is -3.62. The molecule has 9 heteroatoms. The molecule has 0 aliphatic rings. The third kappa shape index (κ3) is 6.20. The number of amides is 1. The largest absolute Gasteiger partial charge is 0.497 e. The zero-order valence-corrected chi connectivity index (χ0v) is 17.4. The first-order chi connectivity index (χ1) is 14.5. The molecule has 2 aromatic carbocycles. The summed E-state index contributed by atoms with van der Waals surface area (Å²) in [4.78, 5) is 24.2. The van der Waals surface area contributed by atoms with Crippen LogP contribution in [-0.2, 0) is 9.53 Å². The first-order valence-electron chi connectivity index (χ1n) is 9.03. The van der Waals surface area contributed by atoms with Gasteiger partial charge in [-0.25, -0.2) is 0 Å². The fourth-order valence-corrected chi connectivity index (χ4v) is 2.50. The van der Waals surface area contributed by atoms with Gasteiger partial charge >= 0.3 is 5.97 Å². The maximum absolute atomic E-state index is 12.3. The molecule has 1 N–H and O–H groups in total. The number of hydrogen-bond acceptors (Lipinski definition) is 8. The smallest absolute Gasteiger partial charge is 0.325 e. The lowest BCUT2D eigenvalue weighted by atomic mass is 10.1. The fourth-order valence-electron chi connectivity index (χ4n) is 2.50. The number of carbonyl (C=O) groups excluding carboxylic acids is 2. The fraction of sp³-hybridized carbons (Fsp3) is 0.333. The van der Waals surface area contributed by atoms with Crippen LogP contribution in [0.5, 0.6) is 28.7 Å². The predicted molar refractivity (Wildman–Crippen MR) is 108 cm³/mol. The number of carbonyl (C=O) groups is 2. The Kier molecular flexibility index (Phi) is 8.61. The number of esters is 1. The topological polar surface area (TPSA) is 102 Å². The van der Waals surface area contributed by atoms with E-state index in [1.807, 2.05) is 0 Å². The predicted octanol–water partition coefficient (Wildman–Crippen LogP) is 2.07. The highest BCUT2D eigenvalue weighted by Gasteiger charge is 2.17. The van der Waals surface area contributed by atoms with E-state index in [0.29, 0.717) is 23.0 Å². The van der Waals surface area contributed by atoms with Crippen molar-refractivity contribution in [3.63, 3.8) is 0 Å². The summed E-state index contributed by atoms with van der Waals surface area (Å²) in [6.07, 6.45) is 0. The minimum Gasteiger partial charge on any atom is -0.497 e. The summed E-state index contributed by atoms with van der Waals surface area (Å²) in [7, 11) is 5.94. The van der Waals surface area contributed by atoms with Gasteiger partial charge in [0.05, 0.1) is 28.4 Å². The van der Waals surface area contributed by atoms with Crippen molar-refractivity contribution >= 4 is 11.9 Å². The van der Waals surface area contributed by atoms with Crippen molar-refractivity contribution in [2.75, 3.05) is 48.2 Å². The van der Waals surface area contributed by atoms with Crippen LogP contribution in [0.15, 0.2) is 36.4 Å². The van der Waals surface area contributed by atoms with E-state index in [4.69, 9.17) is 28.4 Å². The van der Waals surface area contributed by atoms with Gasteiger partial charge in [0.15, 0.2) is 11.5 Å². The Bertz CT molecular complexity index is 826. The van der Waals surface area contributed by atoms with Crippen LogP contribution in [0.2, 0.25) is 0 Å². The standard InChI is InChI=1S/C21H25NO8/c1-25-15-5-7-16(8-6-15)29-9-10-30-19(23)13-22-21(24)14-11-17(26-2)20(28-4)18(12-14)27-3/h5-8,11-12H,9-10,13H2,1-4H3,(H,22,24). The van der Waals surface area contributed by atoms with E-state index in [9.17, 15) is 9.59 Å². The molecule has 0 aliphatic heterocycles. The van der Waals surface area contributed by atoms with Gasteiger partial charge in [-0.2, -0.15) is 0 Å². The number of rotatable bonds is 11. The van der Waals surface area contributed by atoms with E-state index >= 15 is 0 Å². The molecule has 0 aliphatic carbocycles. The molecule has 1 amide bonds. The highest BCUT2D eigenvalue weighted by molar-refractivity contribution is 5.97. The maximum Gasteiger partial charge on any atom is 0.325 e. The Morgan fingerprint density at radius 2 is 1.40 bits per heavy atom. The van der Waals surface area contributed by atoms with Gasteiger partial charge in [-0.3, -0.25) is 9.59 Å². The van der Waals surface area contributed by atoms with Gasteiger partial charge in [-0.05, 0) is 36.4 Å². The second-order valence-electron chi connectivity index (χ2n) is 5.84. The van der Waals surface area contributed by atoms with Crippen molar-refractivity contribution in [1.82, 2.24) is 5.32 Å². The molecule has 0 spiro atoms. The van der Waals surface area contributed by atoms with Gasteiger partial charge < -0.3 is 33.7 Å². The van der Waals surface area contributed by atoms with Gasteiger partial charge in [-0.15, -0.1) is 0 Å². The van der Waals surface area contributed by atoms with Crippen molar-refractivity contribution in [2.24, 2.45) is 0 Å². The monoisotopic (exact) mass is 419 g/mol. The second kappa shape index (κ2) is 11.4. The molecule has 0 heterocycles. The Morgan fingerprint density at radius 1 is 0.800 bits per heavy atom. The quantitative estimate of drug-likeness (QED) is 0.436. The number of benzene rings is 2. The van der Waals surface area contributed by atoms with Crippen LogP contribution >= 0.6 is 0 Å². The van der Waals surface area contributed by atoms with Crippen LogP contribution in [0.3, 0.4) is 0 Å². The van der Waals surface area contributed by atoms with Gasteiger partial charge in [0.1, 0.15) is 31.3 Å². The normalized spacial score (nSPS) is 10.0. The first-order valence-corrected chi connectivity index (χ1v) is 9.03. The molecule has 0 saturated heterocycles. The van der Waals surface area contributed by atoms with Crippen molar-refractivity contribution in [1.29, 1.82) is 0 Å². The van der Waals surface area contributed by atoms with Crippen LogP contribution in [0, 0.1) is 0 Å². The van der Waals surface area contributed by atoms with Crippen LogP contribution in [0.1, 0.15) is 10.4 Å². The molecular weight excluding hydrogens is 394 g/mol. The summed E-state index contributed by atoms with van der Waals surface area (Å²) in [5.74, 6) is 1.31. The highest BCUT2D eigenvalue weighted by atomic mass is 16.6. The third-order valence-electron chi connectivity index (χ3n) is 3.99. The molecule has 0 unspecified atom stereocenters. The molecule has 2 rings (SSSR count). The van der Waals surface area contributed by atoms with E-state index in [0.717, 1.165) is 5.75 Å². The lowest BCUT2D eigenvalue weighted by molar-refractivity contribution is -0.143. The van der Waals surface area contributed by atoms with Crippen molar-refractivity contribution in [2.45, 2.75) is 0 Å². The third-order valence-corrected chi connectivity index (χ3v) is 3.99. The average Bonchev–Trinajstić information content (AvgIpc) is 2.79. The lowest BCUT2D eigenvalue weighted by Gasteiger charge is -2.14. The van der Waals surface area contributed by atoms with E-state index in [-0.39, 0.29) is 25.3 Å². The summed E-state index contributed by atoms with van der Waals surface area (Å²) in [6, 6.07) is 10.0. The second-order valence-corrected chi connectivity index (χ2v) is 5.84. The highest BCUT2D eigenvalue weighted by Crippen LogP contribution is 2.38. The van der Waals surface area contributed by atoms with Gasteiger partial charge in [0.25, 0.3) is 5.91 Å².